The van der Waals surface area contributed by atoms with Crippen LogP contribution in [-0.4, -0.2) is 21.5 Å². The van der Waals surface area contributed by atoms with Crippen LogP contribution in [0.2, 0.25) is 0 Å². The van der Waals surface area contributed by atoms with Crippen molar-refractivity contribution < 1.29 is 12.8 Å². The van der Waals surface area contributed by atoms with Gasteiger partial charge in [0.05, 0.1) is 13.1 Å². The fraction of sp³-hybridized carbons (Fsp3) is 0.500. The Balaban J connectivity index is 2.62. The molecule has 2 N–H and O–H groups in total. The summed E-state index contributed by atoms with van der Waals surface area (Å²) in [5, 5.41) is 3.06. The molecule has 0 unspecified atom stereocenters. The van der Waals surface area contributed by atoms with Crippen LogP contribution in [0.3, 0.4) is 0 Å². The second-order valence-electron chi connectivity index (χ2n) is 3.65. The molecule has 100 valence electrons. The number of sulfonamides is 1. The molecule has 5 nitrogen and oxygen atoms in total. The van der Waals surface area contributed by atoms with Gasteiger partial charge in [0.15, 0.2) is 0 Å². The summed E-state index contributed by atoms with van der Waals surface area (Å²) in [6.45, 7) is 5.19. The van der Waals surface area contributed by atoms with E-state index in [0.717, 1.165) is 13.0 Å². The molecule has 0 bridgehead atoms. The number of rotatable bonds is 7. The molecule has 0 aromatic carbocycles. The second kappa shape index (κ2) is 7.21. The lowest BCUT2D eigenvalue weighted by Crippen LogP contribution is -2.23. The van der Waals surface area contributed by atoms with Gasteiger partial charge in [0, 0.05) is 0 Å². The summed E-state index contributed by atoms with van der Waals surface area (Å²) in [5.74, 6) is 5.84. The van der Waals surface area contributed by atoms with Gasteiger partial charge in [-0.1, -0.05) is 12.8 Å². The number of furan rings is 1. The van der Waals surface area contributed by atoms with Gasteiger partial charge in [-0.25, -0.2) is 8.42 Å². The van der Waals surface area contributed by atoms with E-state index in [1.807, 2.05) is 0 Å². The average molecular weight is 270 g/mol. The highest BCUT2D eigenvalue weighted by molar-refractivity contribution is 7.89. The zero-order chi connectivity index (χ0) is 13.4. The van der Waals surface area contributed by atoms with Gasteiger partial charge in [-0.05, 0) is 32.0 Å². The van der Waals surface area contributed by atoms with Crippen LogP contribution >= 0.6 is 0 Å². The van der Waals surface area contributed by atoms with Crippen LogP contribution in [0, 0.1) is 11.8 Å². The van der Waals surface area contributed by atoms with Crippen molar-refractivity contribution >= 4 is 10.0 Å². The van der Waals surface area contributed by atoms with Crippen molar-refractivity contribution in [3.63, 3.8) is 0 Å². The molecule has 0 spiro atoms. The molecular formula is C12H18N2O3S. The standard InChI is InChI=1S/C12H18N2O3S/c1-3-5-9-14-18(15,16)12-7-6-11(17-12)10-13-8-4-2/h6-7,13-14H,4,8-10H2,1-2H3. The minimum Gasteiger partial charge on any atom is -0.447 e. The molecule has 0 aliphatic carbocycles. The Hall–Kier alpha value is -1.29. The van der Waals surface area contributed by atoms with E-state index in [1.54, 1.807) is 13.0 Å². The Kier molecular flexibility index (Phi) is 5.92. The molecule has 0 fully saturated rings. The zero-order valence-electron chi connectivity index (χ0n) is 10.6. The Morgan fingerprint density at radius 1 is 1.39 bits per heavy atom. The molecule has 0 amide bonds. The highest BCUT2D eigenvalue weighted by Gasteiger charge is 2.17. The summed E-state index contributed by atoms with van der Waals surface area (Å²) in [6.07, 6.45) is 1.02. The van der Waals surface area contributed by atoms with Crippen LogP contribution < -0.4 is 10.0 Å². The van der Waals surface area contributed by atoms with E-state index in [2.05, 4.69) is 28.8 Å². The van der Waals surface area contributed by atoms with Crippen molar-refractivity contribution in [2.75, 3.05) is 13.1 Å². The van der Waals surface area contributed by atoms with E-state index >= 15 is 0 Å². The number of hydrogen-bond donors (Lipinski definition) is 2. The van der Waals surface area contributed by atoms with Crippen LogP contribution in [0.1, 0.15) is 26.0 Å². The fourth-order valence-electron chi connectivity index (χ4n) is 1.28. The summed E-state index contributed by atoms with van der Waals surface area (Å²) >= 11 is 0. The summed E-state index contributed by atoms with van der Waals surface area (Å²) in [5.41, 5.74) is 0. The smallest absolute Gasteiger partial charge is 0.274 e. The van der Waals surface area contributed by atoms with E-state index in [9.17, 15) is 8.42 Å². The normalized spacial score (nSPS) is 11.0. The van der Waals surface area contributed by atoms with E-state index in [-0.39, 0.29) is 11.6 Å². The Morgan fingerprint density at radius 3 is 2.83 bits per heavy atom. The molecule has 1 rings (SSSR count). The Bertz CT molecular complexity index is 523. The first-order valence-corrected chi connectivity index (χ1v) is 7.27. The van der Waals surface area contributed by atoms with E-state index in [0.29, 0.717) is 12.3 Å². The lowest BCUT2D eigenvalue weighted by Gasteiger charge is -2.01. The molecule has 1 aromatic rings. The molecule has 0 atom stereocenters. The molecule has 0 saturated heterocycles. The largest absolute Gasteiger partial charge is 0.447 e. The van der Waals surface area contributed by atoms with E-state index < -0.39 is 10.0 Å². The van der Waals surface area contributed by atoms with Gasteiger partial charge >= 0.3 is 0 Å². The third-order valence-electron chi connectivity index (χ3n) is 2.16. The van der Waals surface area contributed by atoms with Gasteiger partial charge in [0.25, 0.3) is 10.0 Å². The molecule has 1 heterocycles. The molecule has 1 aromatic heterocycles. The fourth-order valence-corrected chi connectivity index (χ4v) is 2.15. The number of hydrogen-bond acceptors (Lipinski definition) is 4. The van der Waals surface area contributed by atoms with Gasteiger partial charge in [0.1, 0.15) is 5.76 Å². The summed E-state index contributed by atoms with van der Waals surface area (Å²) in [6, 6.07) is 3.10. The quantitative estimate of drug-likeness (QED) is 0.574. The Labute approximate surface area is 108 Å². The molecule has 0 aliphatic heterocycles. The maximum atomic E-state index is 11.8. The first kappa shape index (κ1) is 14.8. The van der Waals surface area contributed by atoms with Crippen LogP contribution in [0.5, 0.6) is 0 Å². The first-order valence-electron chi connectivity index (χ1n) is 5.79. The molecule has 6 heteroatoms. The highest BCUT2D eigenvalue weighted by atomic mass is 32.2. The minimum atomic E-state index is -3.59. The average Bonchev–Trinajstić information content (AvgIpc) is 2.79. The predicted molar refractivity (Wildman–Crippen MR) is 69.3 cm³/mol. The predicted octanol–water partition coefficient (Wildman–Crippen LogP) is 1.08. The SMILES string of the molecule is CC#CCNS(=O)(=O)c1ccc(CNCCC)o1. The van der Waals surface area contributed by atoms with Crippen LogP contribution in [0.4, 0.5) is 0 Å². The van der Waals surface area contributed by atoms with Crippen molar-refractivity contribution in [2.24, 2.45) is 0 Å². The second-order valence-corrected chi connectivity index (χ2v) is 5.35. The third-order valence-corrected chi connectivity index (χ3v) is 3.43. The van der Waals surface area contributed by atoms with Crippen LogP contribution in [-0.2, 0) is 16.6 Å². The molecule has 18 heavy (non-hydrogen) atoms. The van der Waals surface area contributed by atoms with E-state index in [1.165, 1.54) is 6.07 Å². The van der Waals surface area contributed by atoms with Gasteiger partial charge < -0.3 is 9.73 Å². The molecular weight excluding hydrogens is 252 g/mol. The zero-order valence-corrected chi connectivity index (χ0v) is 11.4. The topological polar surface area (TPSA) is 71.3 Å². The first-order chi connectivity index (χ1) is 8.60. The van der Waals surface area contributed by atoms with Crippen LogP contribution in [0.25, 0.3) is 0 Å². The third kappa shape index (κ3) is 4.53. The van der Waals surface area contributed by atoms with Crippen molar-refractivity contribution in [3.8, 4) is 11.8 Å². The van der Waals surface area contributed by atoms with Crippen molar-refractivity contribution in [3.05, 3.63) is 17.9 Å². The summed E-state index contributed by atoms with van der Waals surface area (Å²) in [4.78, 5) is 0. The lowest BCUT2D eigenvalue weighted by atomic mass is 10.4. The van der Waals surface area contributed by atoms with E-state index in [4.69, 9.17) is 4.42 Å². The van der Waals surface area contributed by atoms with Gasteiger partial charge in [0.2, 0.25) is 5.09 Å². The maximum Gasteiger partial charge on any atom is 0.274 e. The summed E-state index contributed by atoms with van der Waals surface area (Å²) in [7, 11) is -3.59. The summed E-state index contributed by atoms with van der Waals surface area (Å²) < 4.78 is 31.1. The minimum absolute atomic E-state index is 0.0753. The van der Waals surface area contributed by atoms with Gasteiger partial charge in [-0.15, -0.1) is 5.92 Å². The number of nitrogens with one attached hydrogen (secondary N) is 2. The van der Waals surface area contributed by atoms with Crippen molar-refractivity contribution in [2.45, 2.75) is 31.9 Å². The molecule has 0 radical (unpaired) electrons. The van der Waals surface area contributed by atoms with Crippen molar-refractivity contribution in [1.29, 1.82) is 0 Å². The highest BCUT2D eigenvalue weighted by Crippen LogP contribution is 2.13. The van der Waals surface area contributed by atoms with Gasteiger partial charge in [-0.3, -0.25) is 0 Å². The molecule has 0 aliphatic rings. The monoisotopic (exact) mass is 270 g/mol. The van der Waals surface area contributed by atoms with Crippen LogP contribution in [0.15, 0.2) is 21.6 Å². The molecule has 0 saturated carbocycles. The van der Waals surface area contributed by atoms with Crippen molar-refractivity contribution in [1.82, 2.24) is 10.0 Å². The Morgan fingerprint density at radius 2 is 2.17 bits per heavy atom. The maximum absolute atomic E-state index is 11.8. The van der Waals surface area contributed by atoms with Gasteiger partial charge in [-0.2, -0.15) is 4.72 Å². The lowest BCUT2D eigenvalue weighted by molar-refractivity contribution is 0.400.